The fourth-order valence-corrected chi connectivity index (χ4v) is 4.77. The van der Waals surface area contributed by atoms with Crippen LogP contribution in [-0.4, -0.2) is 36.7 Å². The minimum absolute atomic E-state index is 0.0125. The minimum Gasteiger partial charge on any atom is -0.411 e. The van der Waals surface area contributed by atoms with Gasteiger partial charge in [-0.2, -0.15) is 4.31 Å². The number of sulfonamides is 1. The molecule has 1 N–H and O–H groups in total. The molecular weight excluding hydrogens is 272 g/mol. The molecule has 1 fully saturated rings. The van der Waals surface area contributed by atoms with E-state index in [0.717, 1.165) is 6.42 Å². The van der Waals surface area contributed by atoms with Gasteiger partial charge < -0.3 is 5.21 Å². The Balaban J connectivity index is 2.21. The van der Waals surface area contributed by atoms with Crippen LogP contribution in [0.3, 0.4) is 0 Å². The van der Waals surface area contributed by atoms with Crippen LogP contribution in [0.5, 0.6) is 0 Å². The van der Waals surface area contributed by atoms with Crippen molar-refractivity contribution in [2.45, 2.75) is 24.0 Å². The molecule has 1 aromatic rings. The molecule has 1 aliphatic rings. The lowest BCUT2D eigenvalue weighted by Crippen LogP contribution is -2.43. The van der Waals surface area contributed by atoms with Crippen molar-refractivity contribution in [3.8, 4) is 0 Å². The summed E-state index contributed by atoms with van der Waals surface area (Å²) in [6.45, 7) is 2.75. The fourth-order valence-electron chi connectivity index (χ4n) is 2.14. The van der Waals surface area contributed by atoms with Crippen LogP contribution < -0.4 is 0 Å². The third-order valence-electron chi connectivity index (χ3n) is 3.22. The Morgan fingerprint density at radius 3 is 2.94 bits per heavy atom. The lowest BCUT2D eigenvalue weighted by molar-refractivity contribution is 0.296. The molecule has 0 saturated carbocycles. The Morgan fingerprint density at radius 1 is 1.61 bits per heavy atom. The predicted molar refractivity (Wildman–Crippen MR) is 70.7 cm³/mol. The number of thiophene rings is 1. The second kappa shape index (κ2) is 5.38. The summed E-state index contributed by atoms with van der Waals surface area (Å²) in [5, 5.41) is 13.9. The van der Waals surface area contributed by atoms with Gasteiger partial charge in [-0.3, -0.25) is 0 Å². The van der Waals surface area contributed by atoms with Crippen molar-refractivity contribution >= 4 is 27.1 Å². The molecule has 5 nitrogen and oxygen atoms in total. The first-order chi connectivity index (χ1) is 8.59. The smallest absolute Gasteiger partial charge is 0.252 e. The Labute approximate surface area is 111 Å². The highest BCUT2D eigenvalue weighted by molar-refractivity contribution is 7.91. The van der Waals surface area contributed by atoms with E-state index in [1.165, 1.54) is 15.6 Å². The predicted octanol–water partition coefficient (Wildman–Crippen LogP) is 2.00. The second-order valence-corrected chi connectivity index (χ2v) is 7.35. The number of rotatable bonds is 3. The van der Waals surface area contributed by atoms with Crippen LogP contribution in [0.1, 0.15) is 19.8 Å². The van der Waals surface area contributed by atoms with Gasteiger partial charge in [0.05, 0.1) is 5.71 Å². The first kappa shape index (κ1) is 13.5. The number of hydrogen-bond acceptors (Lipinski definition) is 5. The maximum Gasteiger partial charge on any atom is 0.252 e. The van der Waals surface area contributed by atoms with Gasteiger partial charge in [0, 0.05) is 25.4 Å². The van der Waals surface area contributed by atoms with Gasteiger partial charge in [-0.25, -0.2) is 8.42 Å². The summed E-state index contributed by atoms with van der Waals surface area (Å²) in [7, 11) is -3.38. The van der Waals surface area contributed by atoms with E-state index in [2.05, 4.69) is 5.16 Å². The third-order valence-corrected chi connectivity index (χ3v) is 6.46. The molecule has 1 aliphatic heterocycles. The SMILES string of the molecule is CCC1CN(S(=O)(=O)c2cccs2)CC/C1=N\O. The van der Waals surface area contributed by atoms with Crippen LogP contribution in [0.4, 0.5) is 0 Å². The number of nitrogens with zero attached hydrogens (tertiary/aromatic N) is 2. The standard InChI is InChI=1S/C11H16N2O3S2/c1-2-9-8-13(6-5-10(9)12-14)18(15,16)11-4-3-7-17-11/h3-4,7,9,14H,2,5-6,8H2,1H3/b12-10+. The van der Waals surface area contributed by atoms with E-state index in [0.29, 0.717) is 29.4 Å². The van der Waals surface area contributed by atoms with Crippen molar-refractivity contribution in [3.05, 3.63) is 17.5 Å². The molecule has 0 radical (unpaired) electrons. The topological polar surface area (TPSA) is 70.0 Å². The van der Waals surface area contributed by atoms with E-state index in [1.807, 2.05) is 6.92 Å². The van der Waals surface area contributed by atoms with Gasteiger partial charge in [0.2, 0.25) is 0 Å². The maximum atomic E-state index is 12.3. The molecular formula is C11H16N2O3S2. The van der Waals surface area contributed by atoms with E-state index in [4.69, 9.17) is 5.21 Å². The minimum atomic E-state index is -3.38. The Hall–Kier alpha value is -0.920. The van der Waals surface area contributed by atoms with Crippen LogP contribution in [0.2, 0.25) is 0 Å². The molecule has 1 aromatic heterocycles. The molecule has 100 valence electrons. The number of hydrogen-bond donors (Lipinski definition) is 1. The van der Waals surface area contributed by atoms with Gasteiger partial charge in [0.15, 0.2) is 0 Å². The first-order valence-corrected chi connectivity index (χ1v) is 8.16. The summed E-state index contributed by atoms with van der Waals surface area (Å²) in [4.78, 5) is 0. The lowest BCUT2D eigenvalue weighted by Gasteiger charge is -2.31. The fraction of sp³-hybridized carbons (Fsp3) is 0.545. The van der Waals surface area contributed by atoms with Crippen molar-refractivity contribution in [1.29, 1.82) is 0 Å². The van der Waals surface area contributed by atoms with E-state index in [9.17, 15) is 8.42 Å². The molecule has 1 atom stereocenters. The van der Waals surface area contributed by atoms with E-state index in [-0.39, 0.29) is 5.92 Å². The van der Waals surface area contributed by atoms with Gasteiger partial charge in [-0.1, -0.05) is 18.1 Å². The molecule has 1 saturated heterocycles. The zero-order valence-corrected chi connectivity index (χ0v) is 11.7. The molecule has 0 spiro atoms. The molecule has 0 amide bonds. The zero-order chi connectivity index (χ0) is 13.2. The van der Waals surface area contributed by atoms with Crippen molar-refractivity contribution < 1.29 is 13.6 Å². The largest absolute Gasteiger partial charge is 0.411 e. The Morgan fingerprint density at radius 2 is 2.39 bits per heavy atom. The number of oxime groups is 1. The molecule has 7 heteroatoms. The van der Waals surface area contributed by atoms with Crippen molar-refractivity contribution in [2.24, 2.45) is 11.1 Å². The summed E-state index contributed by atoms with van der Waals surface area (Å²) in [6, 6.07) is 3.36. The molecule has 18 heavy (non-hydrogen) atoms. The van der Waals surface area contributed by atoms with Gasteiger partial charge in [-0.15, -0.1) is 11.3 Å². The Kier molecular flexibility index (Phi) is 4.04. The first-order valence-electron chi connectivity index (χ1n) is 5.84. The summed E-state index contributed by atoms with van der Waals surface area (Å²) in [6.07, 6.45) is 1.27. The van der Waals surface area contributed by atoms with Crippen LogP contribution in [-0.2, 0) is 10.0 Å². The molecule has 0 bridgehead atoms. The molecule has 0 aliphatic carbocycles. The number of piperidine rings is 1. The highest BCUT2D eigenvalue weighted by atomic mass is 32.2. The van der Waals surface area contributed by atoms with Crippen LogP contribution in [0.25, 0.3) is 0 Å². The summed E-state index contributed by atoms with van der Waals surface area (Å²) < 4.78 is 26.5. The molecule has 2 heterocycles. The monoisotopic (exact) mass is 288 g/mol. The average Bonchev–Trinajstić information content (AvgIpc) is 2.92. The van der Waals surface area contributed by atoms with Crippen molar-refractivity contribution in [3.63, 3.8) is 0 Å². The van der Waals surface area contributed by atoms with Crippen LogP contribution in [0.15, 0.2) is 26.9 Å². The zero-order valence-electron chi connectivity index (χ0n) is 10.1. The second-order valence-electron chi connectivity index (χ2n) is 4.24. The average molecular weight is 288 g/mol. The van der Waals surface area contributed by atoms with Crippen LogP contribution >= 0.6 is 11.3 Å². The van der Waals surface area contributed by atoms with Gasteiger partial charge in [0.1, 0.15) is 4.21 Å². The highest BCUT2D eigenvalue weighted by Gasteiger charge is 2.33. The summed E-state index contributed by atoms with van der Waals surface area (Å²) >= 11 is 1.23. The quantitative estimate of drug-likeness (QED) is 0.683. The highest BCUT2D eigenvalue weighted by Crippen LogP contribution is 2.26. The third kappa shape index (κ3) is 2.43. The molecule has 0 aromatic carbocycles. The van der Waals surface area contributed by atoms with Gasteiger partial charge in [-0.05, 0) is 17.9 Å². The maximum absolute atomic E-state index is 12.3. The van der Waals surface area contributed by atoms with Crippen LogP contribution in [0, 0.1) is 5.92 Å². The van der Waals surface area contributed by atoms with Gasteiger partial charge >= 0.3 is 0 Å². The van der Waals surface area contributed by atoms with Crippen molar-refractivity contribution in [2.75, 3.05) is 13.1 Å². The normalized spacial score (nSPS) is 24.5. The van der Waals surface area contributed by atoms with E-state index < -0.39 is 10.0 Å². The van der Waals surface area contributed by atoms with Gasteiger partial charge in [0.25, 0.3) is 10.0 Å². The summed E-state index contributed by atoms with van der Waals surface area (Å²) in [5.41, 5.74) is 0.704. The van der Waals surface area contributed by atoms with Crippen molar-refractivity contribution in [1.82, 2.24) is 4.31 Å². The van der Waals surface area contributed by atoms with E-state index >= 15 is 0 Å². The molecule has 1 unspecified atom stereocenters. The molecule has 2 rings (SSSR count). The lowest BCUT2D eigenvalue weighted by atomic mass is 9.95. The summed E-state index contributed by atoms with van der Waals surface area (Å²) in [5.74, 6) is 0.0125. The Bertz CT molecular complexity index is 522. The van der Waals surface area contributed by atoms with E-state index in [1.54, 1.807) is 17.5 Å².